The smallest absolute Gasteiger partial charge is 0.343 e. The third-order valence-corrected chi connectivity index (χ3v) is 6.44. The molecule has 0 saturated heterocycles. The average molecular weight is 563 g/mol. The number of amides is 2. The maximum atomic E-state index is 13.5. The van der Waals surface area contributed by atoms with Crippen LogP contribution in [0.25, 0.3) is 0 Å². The summed E-state index contributed by atoms with van der Waals surface area (Å²) in [6, 6.07) is 7.91. The van der Waals surface area contributed by atoms with Gasteiger partial charge >= 0.3 is 6.18 Å². The summed E-state index contributed by atoms with van der Waals surface area (Å²) in [5.74, 6) is -3.62. The van der Waals surface area contributed by atoms with Crippen LogP contribution in [0.15, 0.2) is 40.9 Å². The van der Waals surface area contributed by atoms with Crippen LogP contribution >= 0.6 is 50.7 Å². The SMILES string of the molecule is O=C(NCC(F)(F)F)c1cc(NC(=O)[C@H]2[C@H](c3ccc(F)c(Br)c3)C2(Cl)Cl)ccc1Cl. The standard InChI is InChI=1S/C19H12BrCl3F4N2O2/c20-11-5-8(1-4-13(11)24)14-15(19(14,22)23)17(31)29-9-2-3-12(21)10(6-9)16(30)28-7-18(25,26)27/h1-6,14-15H,7H2,(H,28,30)(H,29,31)/t14-,15+/m0/s1. The van der Waals surface area contributed by atoms with E-state index in [1.54, 1.807) is 5.32 Å². The summed E-state index contributed by atoms with van der Waals surface area (Å²) < 4.78 is 49.2. The third-order valence-electron chi connectivity index (χ3n) is 4.57. The van der Waals surface area contributed by atoms with E-state index >= 15 is 0 Å². The maximum absolute atomic E-state index is 13.5. The van der Waals surface area contributed by atoms with Gasteiger partial charge in [-0.15, -0.1) is 23.2 Å². The molecule has 2 amide bonds. The molecule has 31 heavy (non-hydrogen) atoms. The Morgan fingerprint density at radius 2 is 1.81 bits per heavy atom. The first-order chi connectivity index (χ1) is 14.3. The first-order valence-electron chi connectivity index (χ1n) is 8.59. The van der Waals surface area contributed by atoms with E-state index in [1.165, 1.54) is 30.3 Å². The van der Waals surface area contributed by atoms with Crippen LogP contribution in [-0.2, 0) is 4.79 Å². The Kier molecular flexibility index (Phi) is 6.82. The Balaban J connectivity index is 1.74. The van der Waals surface area contributed by atoms with Crippen molar-refractivity contribution in [2.75, 3.05) is 11.9 Å². The molecule has 1 aliphatic rings. The van der Waals surface area contributed by atoms with Crippen molar-refractivity contribution in [3.63, 3.8) is 0 Å². The van der Waals surface area contributed by atoms with Crippen LogP contribution in [0.1, 0.15) is 21.8 Å². The summed E-state index contributed by atoms with van der Waals surface area (Å²) in [5.41, 5.74) is 0.407. The fraction of sp³-hybridized carbons (Fsp3) is 0.263. The van der Waals surface area contributed by atoms with Crippen LogP contribution < -0.4 is 10.6 Å². The van der Waals surface area contributed by atoms with Gasteiger partial charge in [0.25, 0.3) is 5.91 Å². The number of anilines is 1. The number of rotatable bonds is 5. The van der Waals surface area contributed by atoms with Gasteiger partial charge < -0.3 is 10.6 Å². The van der Waals surface area contributed by atoms with Gasteiger partial charge in [0.05, 0.1) is 21.0 Å². The van der Waals surface area contributed by atoms with E-state index in [9.17, 15) is 27.2 Å². The zero-order valence-electron chi connectivity index (χ0n) is 15.2. The van der Waals surface area contributed by atoms with E-state index in [1.807, 2.05) is 0 Å². The second-order valence-electron chi connectivity index (χ2n) is 6.79. The van der Waals surface area contributed by atoms with E-state index < -0.39 is 46.5 Å². The molecule has 0 aliphatic heterocycles. The van der Waals surface area contributed by atoms with Crippen LogP contribution in [-0.4, -0.2) is 28.9 Å². The molecule has 166 valence electrons. The Bertz CT molecular complexity index is 1050. The molecule has 1 aliphatic carbocycles. The number of alkyl halides is 5. The molecule has 0 radical (unpaired) electrons. The van der Waals surface area contributed by atoms with Crippen molar-refractivity contribution < 1.29 is 27.2 Å². The van der Waals surface area contributed by atoms with Gasteiger partial charge in [0.1, 0.15) is 16.7 Å². The minimum Gasteiger partial charge on any atom is -0.343 e. The minimum absolute atomic E-state index is 0.0952. The lowest BCUT2D eigenvalue weighted by atomic mass is 10.1. The lowest BCUT2D eigenvalue weighted by Crippen LogP contribution is -2.33. The van der Waals surface area contributed by atoms with Gasteiger partial charge in [-0.1, -0.05) is 17.7 Å². The van der Waals surface area contributed by atoms with Crippen molar-refractivity contribution >= 4 is 68.2 Å². The highest BCUT2D eigenvalue weighted by Gasteiger charge is 2.67. The predicted molar refractivity (Wildman–Crippen MR) is 113 cm³/mol. The molecule has 2 aromatic rings. The molecule has 2 atom stereocenters. The molecule has 0 unspecified atom stereocenters. The normalized spacial score (nSPS) is 19.6. The van der Waals surface area contributed by atoms with E-state index in [0.717, 1.165) is 6.07 Å². The lowest BCUT2D eigenvalue weighted by Gasteiger charge is -2.11. The molecule has 0 heterocycles. The zero-order chi connectivity index (χ0) is 23.1. The van der Waals surface area contributed by atoms with Crippen molar-refractivity contribution in [2.45, 2.75) is 16.4 Å². The number of benzene rings is 2. The third kappa shape index (κ3) is 5.45. The molecule has 0 aromatic heterocycles. The minimum atomic E-state index is -4.59. The Morgan fingerprint density at radius 3 is 2.42 bits per heavy atom. The molecular formula is C19H12BrCl3F4N2O2. The van der Waals surface area contributed by atoms with Crippen molar-refractivity contribution in [1.29, 1.82) is 0 Å². The Hall–Kier alpha value is -1.55. The first-order valence-corrected chi connectivity index (χ1v) is 10.5. The number of carbonyl (C=O) groups is 2. The van der Waals surface area contributed by atoms with Crippen LogP contribution in [0.4, 0.5) is 23.2 Å². The number of halogens is 8. The van der Waals surface area contributed by atoms with Gasteiger partial charge in [-0.25, -0.2) is 4.39 Å². The van der Waals surface area contributed by atoms with E-state index in [-0.39, 0.29) is 20.7 Å². The van der Waals surface area contributed by atoms with E-state index in [4.69, 9.17) is 34.8 Å². The largest absolute Gasteiger partial charge is 0.405 e. The average Bonchev–Trinajstić information content (AvgIpc) is 3.25. The van der Waals surface area contributed by atoms with Crippen molar-refractivity contribution in [3.8, 4) is 0 Å². The monoisotopic (exact) mass is 560 g/mol. The molecule has 12 heteroatoms. The summed E-state index contributed by atoms with van der Waals surface area (Å²) in [7, 11) is 0. The first kappa shape index (κ1) is 24.1. The van der Waals surface area contributed by atoms with Gasteiger partial charge in [-0.2, -0.15) is 13.2 Å². The molecule has 0 bridgehead atoms. The van der Waals surface area contributed by atoms with Gasteiger partial charge in [-0.05, 0) is 51.8 Å². The fourth-order valence-electron chi connectivity index (χ4n) is 3.05. The topological polar surface area (TPSA) is 58.2 Å². The fourth-order valence-corrected chi connectivity index (χ4v) is 4.47. The zero-order valence-corrected chi connectivity index (χ0v) is 19.0. The van der Waals surface area contributed by atoms with Crippen LogP contribution in [0.5, 0.6) is 0 Å². The highest BCUT2D eigenvalue weighted by atomic mass is 79.9. The van der Waals surface area contributed by atoms with E-state index in [0.29, 0.717) is 5.56 Å². The molecule has 2 N–H and O–H groups in total. The second kappa shape index (κ2) is 8.77. The van der Waals surface area contributed by atoms with Crippen molar-refractivity contribution in [1.82, 2.24) is 5.32 Å². The summed E-state index contributed by atoms with van der Waals surface area (Å²) >= 11 is 21.5. The molecule has 4 nitrogen and oxygen atoms in total. The van der Waals surface area contributed by atoms with Crippen LogP contribution in [0, 0.1) is 11.7 Å². The van der Waals surface area contributed by atoms with Gasteiger partial charge in [0.2, 0.25) is 5.91 Å². The lowest BCUT2D eigenvalue weighted by molar-refractivity contribution is -0.123. The highest BCUT2D eigenvalue weighted by Crippen LogP contribution is 2.65. The van der Waals surface area contributed by atoms with Gasteiger partial charge in [0, 0.05) is 11.6 Å². The van der Waals surface area contributed by atoms with Crippen LogP contribution in [0.3, 0.4) is 0 Å². The summed E-state index contributed by atoms with van der Waals surface area (Å²) in [6.07, 6.45) is -4.59. The van der Waals surface area contributed by atoms with Gasteiger partial charge in [-0.3, -0.25) is 9.59 Å². The number of carbonyl (C=O) groups excluding carboxylic acids is 2. The van der Waals surface area contributed by atoms with Crippen molar-refractivity contribution in [3.05, 3.63) is 62.8 Å². The molecule has 1 fully saturated rings. The Morgan fingerprint density at radius 1 is 1.13 bits per heavy atom. The Labute approximate surface area is 197 Å². The number of hydrogen-bond acceptors (Lipinski definition) is 2. The molecule has 1 saturated carbocycles. The number of hydrogen-bond donors (Lipinski definition) is 2. The quantitative estimate of drug-likeness (QED) is 0.344. The molecule has 3 rings (SSSR count). The van der Waals surface area contributed by atoms with Crippen molar-refractivity contribution in [2.24, 2.45) is 5.92 Å². The summed E-state index contributed by atoms with van der Waals surface area (Å²) in [5, 5.41) is 4.14. The predicted octanol–water partition coefficient (Wildman–Crippen LogP) is 6.06. The maximum Gasteiger partial charge on any atom is 0.405 e. The molecule has 0 spiro atoms. The molecule has 2 aromatic carbocycles. The summed E-state index contributed by atoms with van der Waals surface area (Å²) in [6.45, 7) is -1.53. The van der Waals surface area contributed by atoms with Crippen LogP contribution in [0.2, 0.25) is 5.02 Å². The molecular weight excluding hydrogens is 550 g/mol. The summed E-state index contributed by atoms with van der Waals surface area (Å²) in [4.78, 5) is 24.7. The van der Waals surface area contributed by atoms with Gasteiger partial charge in [0.15, 0.2) is 0 Å². The van der Waals surface area contributed by atoms with E-state index in [2.05, 4.69) is 21.2 Å². The number of nitrogens with one attached hydrogen (secondary N) is 2. The highest BCUT2D eigenvalue weighted by molar-refractivity contribution is 9.10. The second-order valence-corrected chi connectivity index (χ2v) is 9.49.